The molecule has 4 heteroatoms. The normalized spacial score (nSPS) is 16.3. The molecule has 0 fully saturated rings. The van der Waals surface area contributed by atoms with Crippen molar-refractivity contribution in [3.8, 4) is 5.75 Å². The van der Waals surface area contributed by atoms with E-state index in [0.717, 1.165) is 62.5 Å². The van der Waals surface area contributed by atoms with Crippen molar-refractivity contribution in [2.24, 2.45) is 0 Å². The van der Waals surface area contributed by atoms with Gasteiger partial charge in [0.2, 0.25) is 0 Å². The first-order valence-electron chi connectivity index (χ1n) is 9.24. The van der Waals surface area contributed by atoms with E-state index in [9.17, 15) is 0 Å². The van der Waals surface area contributed by atoms with Crippen LogP contribution in [0.15, 0.2) is 47.4 Å². The van der Waals surface area contributed by atoms with Gasteiger partial charge in [-0.2, -0.15) is 0 Å². The number of rotatable bonds is 7. The molecule has 0 unspecified atom stereocenters. The molecule has 0 aromatic heterocycles. The second kappa shape index (κ2) is 8.26. The molecule has 2 aromatic carbocycles. The maximum atomic E-state index is 5.82. The topological polar surface area (TPSA) is 30.5 Å². The van der Waals surface area contributed by atoms with Crippen LogP contribution in [0.3, 0.4) is 0 Å². The van der Waals surface area contributed by atoms with Gasteiger partial charge in [0.25, 0.3) is 0 Å². The van der Waals surface area contributed by atoms with Crippen LogP contribution in [0.1, 0.15) is 29.5 Å². The molecule has 1 N–H and O–H groups in total. The zero-order chi connectivity index (χ0) is 16.9. The van der Waals surface area contributed by atoms with E-state index < -0.39 is 0 Å². The molecule has 0 radical (unpaired) electrons. The average molecular weight is 356 g/mol. The average Bonchev–Trinajstić information content (AvgIpc) is 3.07. The lowest BCUT2D eigenvalue weighted by Gasteiger charge is -2.19. The van der Waals surface area contributed by atoms with E-state index in [-0.39, 0.29) is 0 Å². The van der Waals surface area contributed by atoms with Gasteiger partial charge in [-0.3, -0.25) is 0 Å². The molecule has 0 bridgehead atoms. The molecular weight excluding hydrogens is 330 g/mol. The minimum absolute atomic E-state index is 0.583. The van der Waals surface area contributed by atoms with Crippen molar-refractivity contribution in [1.82, 2.24) is 5.32 Å². The number of benzene rings is 2. The molecule has 4 rings (SSSR count). The molecule has 25 heavy (non-hydrogen) atoms. The zero-order valence-electron chi connectivity index (χ0n) is 14.5. The van der Waals surface area contributed by atoms with Crippen molar-refractivity contribution in [3.63, 3.8) is 0 Å². The van der Waals surface area contributed by atoms with Gasteiger partial charge in [-0.25, -0.2) is 0 Å². The minimum atomic E-state index is 0.583. The zero-order valence-corrected chi connectivity index (χ0v) is 15.3. The molecule has 0 amide bonds. The first-order valence-corrected chi connectivity index (χ1v) is 9.98. The SMILES string of the molecule is c1ccc2c(c1)CC(NCCCOSc1cccc3c1OCCC3)C2. The Bertz CT molecular complexity index is 694. The number of nitrogens with one attached hydrogen (secondary N) is 1. The summed E-state index contributed by atoms with van der Waals surface area (Å²) in [5.74, 6) is 1.03. The van der Waals surface area contributed by atoms with Crippen LogP contribution in [0.25, 0.3) is 0 Å². The molecule has 2 aromatic rings. The Hall–Kier alpha value is -1.49. The van der Waals surface area contributed by atoms with Crippen LogP contribution in [0.2, 0.25) is 0 Å². The molecule has 1 aliphatic carbocycles. The van der Waals surface area contributed by atoms with Crippen LogP contribution in [0, 0.1) is 0 Å². The highest BCUT2D eigenvalue weighted by Crippen LogP contribution is 2.36. The summed E-state index contributed by atoms with van der Waals surface area (Å²) in [5, 5.41) is 3.66. The quantitative estimate of drug-likeness (QED) is 0.596. The molecular formula is C21H25NO2S. The molecule has 3 nitrogen and oxygen atoms in total. The predicted octanol–water partition coefficient (Wildman–Crippen LogP) is 4.18. The van der Waals surface area contributed by atoms with Gasteiger partial charge in [0.05, 0.1) is 18.1 Å². The highest BCUT2D eigenvalue weighted by atomic mass is 32.2. The highest BCUT2D eigenvalue weighted by molar-refractivity contribution is 7.94. The number of hydrogen-bond acceptors (Lipinski definition) is 4. The Labute approximate surface area is 154 Å². The Morgan fingerprint density at radius 3 is 2.68 bits per heavy atom. The van der Waals surface area contributed by atoms with Gasteiger partial charge in [0.15, 0.2) is 0 Å². The summed E-state index contributed by atoms with van der Waals surface area (Å²) < 4.78 is 11.6. The third-order valence-corrected chi connectivity index (χ3v) is 5.72. The van der Waals surface area contributed by atoms with Crippen molar-refractivity contribution in [1.29, 1.82) is 0 Å². The first kappa shape index (κ1) is 17.0. The van der Waals surface area contributed by atoms with Crippen molar-refractivity contribution >= 4 is 12.0 Å². The molecule has 2 aliphatic rings. The van der Waals surface area contributed by atoms with Crippen LogP contribution in [0.4, 0.5) is 0 Å². The second-order valence-electron chi connectivity index (χ2n) is 6.78. The van der Waals surface area contributed by atoms with E-state index in [4.69, 9.17) is 8.92 Å². The number of aryl methyl sites for hydroxylation is 1. The Kier molecular flexibility index (Phi) is 5.60. The summed E-state index contributed by atoms with van der Waals surface area (Å²) in [6.07, 6.45) is 5.55. The van der Waals surface area contributed by atoms with E-state index in [2.05, 4.69) is 47.8 Å². The summed E-state index contributed by atoms with van der Waals surface area (Å²) in [5.41, 5.74) is 4.31. The first-order chi connectivity index (χ1) is 12.4. The van der Waals surface area contributed by atoms with Crippen LogP contribution < -0.4 is 10.1 Å². The number of hydrogen-bond donors (Lipinski definition) is 1. The molecule has 1 heterocycles. The third-order valence-electron chi connectivity index (χ3n) is 4.93. The van der Waals surface area contributed by atoms with E-state index in [1.54, 1.807) is 0 Å². The van der Waals surface area contributed by atoms with Crippen molar-refractivity contribution in [2.45, 2.75) is 43.0 Å². The Morgan fingerprint density at radius 1 is 1.04 bits per heavy atom. The maximum absolute atomic E-state index is 5.82. The van der Waals surface area contributed by atoms with E-state index in [1.165, 1.54) is 28.7 Å². The molecule has 0 atom stereocenters. The van der Waals surface area contributed by atoms with Crippen LogP contribution >= 0.6 is 12.0 Å². The van der Waals surface area contributed by atoms with Gasteiger partial charge in [-0.1, -0.05) is 36.4 Å². The molecule has 0 saturated heterocycles. The van der Waals surface area contributed by atoms with Crippen LogP contribution in [0.5, 0.6) is 5.75 Å². The summed E-state index contributed by atoms with van der Waals surface area (Å²) in [4.78, 5) is 1.11. The standard InChI is InChI=1S/C21H25NO2S/c1-2-7-18-15-19(14-17(18)6-1)22-11-5-13-24-25-20-10-3-8-16-9-4-12-23-21(16)20/h1-3,6-8,10,19,22H,4-5,9,11-15H2. The lowest BCUT2D eigenvalue weighted by molar-refractivity contribution is 0.279. The van der Waals surface area contributed by atoms with Crippen molar-refractivity contribution in [3.05, 3.63) is 59.2 Å². The predicted molar refractivity (Wildman–Crippen MR) is 102 cm³/mol. The summed E-state index contributed by atoms with van der Waals surface area (Å²) >= 11 is 1.45. The van der Waals surface area contributed by atoms with Crippen LogP contribution in [-0.2, 0) is 23.4 Å². The van der Waals surface area contributed by atoms with E-state index >= 15 is 0 Å². The summed E-state index contributed by atoms with van der Waals surface area (Å²) in [6.45, 7) is 2.57. The molecule has 0 saturated carbocycles. The van der Waals surface area contributed by atoms with E-state index in [1.807, 2.05) is 0 Å². The van der Waals surface area contributed by atoms with Crippen LogP contribution in [-0.4, -0.2) is 25.8 Å². The smallest absolute Gasteiger partial charge is 0.138 e. The summed E-state index contributed by atoms with van der Waals surface area (Å²) in [6, 6.07) is 15.7. The van der Waals surface area contributed by atoms with Gasteiger partial charge in [-0.15, -0.1) is 0 Å². The van der Waals surface area contributed by atoms with Gasteiger partial charge >= 0.3 is 0 Å². The fraction of sp³-hybridized carbons (Fsp3) is 0.429. The van der Waals surface area contributed by atoms with Gasteiger partial charge in [0, 0.05) is 18.1 Å². The third kappa shape index (κ3) is 4.20. The molecule has 1 aliphatic heterocycles. The number of fused-ring (bicyclic) bond motifs is 2. The fourth-order valence-corrected chi connectivity index (χ4v) is 4.40. The largest absolute Gasteiger partial charge is 0.492 e. The highest BCUT2D eigenvalue weighted by Gasteiger charge is 2.19. The minimum Gasteiger partial charge on any atom is -0.492 e. The van der Waals surface area contributed by atoms with Crippen molar-refractivity contribution < 1.29 is 8.92 Å². The summed E-state index contributed by atoms with van der Waals surface area (Å²) in [7, 11) is 0. The maximum Gasteiger partial charge on any atom is 0.138 e. The number of para-hydroxylation sites is 1. The number of ether oxygens (including phenoxy) is 1. The van der Waals surface area contributed by atoms with Gasteiger partial charge < -0.3 is 14.2 Å². The second-order valence-corrected chi connectivity index (χ2v) is 7.63. The lowest BCUT2D eigenvalue weighted by Crippen LogP contribution is -2.30. The molecule has 132 valence electrons. The monoisotopic (exact) mass is 355 g/mol. The fourth-order valence-electron chi connectivity index (χ4n) is 3.67. The van der Waals surface area contributed by atoms with Gasteiger partial charge in [0.1, 0.15) is 5.75 Å². The Morgan fingerprint density at radius 2 is 1.84 bits per heavy atom. The molecule has 0 spiro atoms. The lowest BCUT2D eigenvalue weighted by atomic mass is 10.1. The van der Waals surface area contributed by atoms with E-state index in [0.29, 0.717) is 6.04 Å². The van der Waals surface area contributed by atoms with Gasteiger partial charge in [-0.05, 0) is 61.4 Å². The van der Waals surface area contributed by atoms with Crippen molar-refractivity contribution in [2.75, 3.05) is 19.8 Å². The Balaban J connectivity index is 1.15.